The number of rotatable bonds is 0. The van der Waals surface area contributed by atoms with Crippen molar-refractivity contribution in [3.05, 3.63) is 167 Å². The Bertz CT molecular complexity index is 3000. The second-order valence-electron chi connectivity index (χ2n) is 29.2. The smallest absolute Gasteiger partial charge is 0.191 e. The fourth-order valence-electron chi connectivity index (χ4n) is 16.2. The molecule has 5 fully saturated rings. The van der Waals surface area contributed by atoms with Gasteiger partial charge in [0, 0.05) is 100 Å². The van der Waals surface area contributed by atoms with E-state index in [1.165, 1.54) is 176 Å². The number of hydrogen-bond donors (Lipinski definition) is 8. The van der Waals surface area contributed by atoms with Crippen molar-refractivity contribution in [1.82, 2.24) is 42.5 Å². The molecule has 0 spiro atoms. The van der Waals surface area contributed by atoms with Crippen LogP contribution >= 0.6 is 0 Å². The molecule has 5 aromatic carbocycles. The second kappa shape index (κ2) is 54.5. The van der Waals surface area contributed by atoms with E-state index in [0.29, 0.717) is 0 Å². The number of amidine groups is 2. The minimum atomic E-state index is 0.917. The molecular weight excluding hydrogens is 1350 g/mol. The lowest BCUT2D eigenvalue weighted by atomic mass is 9.90. The van der Waals surface area contributed by atoms with Crippen LogP contribution in [0, 0.1) is 138 Å². The predicted octanol–water partition coefficient (Wildman–Crippen LogP) is 20.5. The molecule has 620 valence electrons. The first-order chi connectivity index (χ1) is 52.8. The van der Waals surface area contributed by atoms with Crippen LogP contribution in [0.25, 0.3) is 0 Å². The van der Waals surface area contributed by atoms with Crippen molar-refractivity contribution in [3.8, 4) is 0 Å². The topological polar surface area (TPSA) is 158 Å². The lowest BCUT2D eigenvalue weighted by molar-refractivity contribution is 0.907. The van der Waals surface area contributed by atoms with Crippen molar-refractivity contribution < 1.29 is 0 Å². The summed E-state index contributed by atoms with van der Waals surface area (Å²) >= 11 is 0. The Labute approximate surface area is 677 Å². The number of nitrogens with zero attached hydrogens (tertiary/aromatic N) is 5. The van der Waals surface area contributed by atoms with Crippen LogP contribution in [-0.2, 0) is 64.2 Å². The molecule has 5 aliphatic heterocycles. The Hall–Kier alpha value is -7.15. The summed E-state index contributed by atoms with van der Waals surface area (Å²) in [4.78, 5) is 19.6. The molecular formula is C97H167N13. The summed E-state index contributed by atoms with van der Waals surface area (Å²) < 4.78 is 0. The Kier molecular flexibility index (Phi) is 50.0. The SMILES string of the molecule is CC.CC.CC.CC.CC.CN=C1CCCN1.CN=C1CCCN1.CN=C1NCCN1.CN=C1NCCN1.CN=C1NCCN1.Cc1c(C)c(C)c2c(c1C)CCC2.Cc1c(C)c(C)c2c(c1C)CCC2.Cc1c(C)c(C)c2c(c1C)CCC2.Cc1c(C)c(C)c2c(c1C)CCC2.Cc1c(C)c(C)c2c(c1C)CCC2. The van der Waals surface area contributed by atoms with Gasteiger partial charge in [-0.25, -0.2) is 0 Å². The van der Waals surface area contributed by atoms with E-state index >= 15 is 0 Å². The zero-order valence-electron chi connectivity index (χ0n) is 77.8. The molecule has 0 unspecified atom stereocenters. The van der Waals surface area contributed by atoms with E-state index in [9.17, 15) is 0 Å². The zero-order valence-corrected chi connectivity index (χ0v) is 77.8. The largest absolute Gasteiger partial charge is 0.374 e. The molecule has 5 saturated heterocycles. The lowest BCUT2D eigenvalue weighted by Gasteiger charge is -2.15. The molecule has 13 nitrogen and oxygen atoms in total. The standard InChI is InChI=1S/5C13H18.2C5H10N2.3C4H9N3.5C2H6/c5*1-8-9(2)11(4)13-7-5-6-12(13)10(8)3;2*1-6-5-3-2-4-7-5;3*1-5-4-6-2-3-7-4;5*1-2/h5*5-7H2,1-4H3;2*2-4H2,1H3,(H,6,7);3*2-3H2,1H3,(H2,5,6,7);5*1-2H3. The van der Waals surface area contributed by atoms with Gasteiger partial charge in [-0.1, -0.05) is 69.2 Å². The maximum atomic E-state index is 3.99. The summed E-state index contributed by atoms with van der Waals surface area (Å²) in [7, 11) is 8.95. The van der Waals surface area contributed by atoms with E-state index < -0.39 is 0 Å². The fourth-order valence-corrected chi connectivity index (χ4v) is 16.2. The average Bonchev–Trinajstić information content (AvgIpc) is 1.62. The second-order valence-corrected chi connectivity index (χ2v) is 29.2. The highest BCUT2D eigenvalue weighted by molar-refractivity contribution is 5.84. The number of hydrogen-bond acceptors (Lipinski definition) is 5. The summed E-state index contributed by atoms with van der Waals surface area (Å²) in [5, 5.41) is 24.6. The van der Waals surface area contributed by atoms with Crippen LogP contribution in [0.2, 0.25) is 0 Å². The molecule has 5 heterocycles. The molecule has 110 heavy (non-hydrogen) atoms. The maximum Gasteiger partial charge on any atom is 0.191 e. The lowest BCUT2D eigenvalue weighted by Crippen LogP contribution is -2.23. The number of nitrogens with one attached hydrogen (secondary N) is 8. The van der Waals surface area contributed by atoms with Crippen LogP contribution in [0.3, 0.4) is 0 Å². The first-order valence-electron chi connectivity index (χ1n) is 43.4. The molecule has 0 saturated carbocycles. The Balaban J connectivity index is 0.000000609. The normalized spacial score (nSPS) is 15.7. The maximum absolute atomic E-state index is 3.99. The van der Waals surface area contributed by atoms with E-state index in [1.54, 1.807) is 132 Å². The Morgan fingerprint density at radius 2 is 0.291 bits per heavy atom. The van der Waals surface area contributed by atoms with Crippen molar-refractivity contribution in [2.75, 3.05) is 87.6 Å². The summed E-state index contributed by atoms with van der Waals surface area (Å²) in [6.07, 6.45) is 24.7. The number of benzene rings is 5. The average molecular weight is 1520 g/mol. The van der Waals surface area contributed by atoms with Crippen LogP contribution in [-0.4, -0.2) is 117 Å². The first kappa shape index (κ1) is 101. The molecule has 5 aliphatic carbocycles. The first-order valence-corrected chi connectivity index (χ1v) is 43.4. The van der Waals surface area contributed by atoms with Gasteiger partial charge >= 0.3 is 0 Å². The van der Waals surface area contributed by atoms with Gasteiger partial charge in [-0.3, -0.25) is 25.0 Å². The molecule has 0 radical (unpaired) electrons. The van der Waals surface area contributed by atoms with Crippen LogP contribution in [0.15, 0.2) is 25.0 Å². The molecule has 8 N–H and O–H groups in total. The number of guanidine groups is 3. The van der Waals surface area contributed by atoms with Gasteiger partial charge in [0.1, 0.15) is 0 Å². The van der Waals surface area contributed by atoms with E-state index in [1.807, 2.05) is 83.3 Å². The van der Waals surface area contributed by atoms with Crippen molar-refractivity contribution in [2.45, 2.75) is 330 Å². The van der Waals surface area contributed by atoms with Gasteiger partial charge in [0.2, 0.25) is 0 Å². The summed E-state index contributed by atoms with van der Waals surface area (Å²) in [5.41, 5.74) is 47.2. The number of fused-ring (bicyclic) bond motifs is 5. The highest BCUT2D eigenvalue weighted by atomic mass is 15.2. The van der Waals surface area contributed by atoms with Gasteiger partial charge in [0.15, 0.2) is 17.9 Å². The molecule has 0 atom stereocenters. The third kappa shape index (κ3) is 28.5. The van der Waals surface area contributed by atoms with Gasteiger partial charge in [-0.2, -0.15) is 0 Å². The fraction of sp³-hybridized carbons (Fsp3) is 0.639. The summed E-state index contributed by atoms with van der Waals surface area (Å²) in [6.45, 7) is 73.7. The van der Waals surface area contributed by atoms with Crippen molar-refractivity contribution in [1.29, 1.82) is 0 Å². The van der Waals surface area contributed by atoms with E-state index in [-0.39, 0.29) is 0 Å². The third-order valence-electron chi connectivity index (χ3n) is 24.2. The van der Waals surface area contributed by atoms with Crippen LogP contribution in [0.4, 0.5) is 0 Å². The van der Waals surface area contributed by atoms with Crippen LogP contribution < -0.4 is 42.5 Å². The highest BCUT2D eigenvalue weighted by Gasteiger charge is 2.24. The van der Waals surface area contributed by atoms with E-state index in [2.05, 4.69) is 206 Å². The zero-order chi connectivity index (χ0) is 83.5. The van der Waals surface area contributed by atoms with Gasteiger partial charge in [0.25, 0.3) is 0 Å². The van der Waals surface area contributed by atoms with E-state index in [0.717, 1.165) is 83.1 Å². The molecule has 15 rings (SSSR count). The van der Waals surface area contributed by atoms with Gasteiger partial charge < -0.3 is 42.5 Å². The molecule has 10 aliphatic rings. The van der Waals surface area contributed by atoms with Gasteiger partial charge in [0.05, 0.1) is 11.7 Å². The van der Waals surface area contributed by atoms with Gasteiger partial charge in [-0.15, -0.1) is 0 Å². The quantitative estimate of drug-likeness (QED) is 0.0761. The molecule has 0 amide bonds. The van der Waals surface area contributed by atoms with Crippen molar-refractivity contribution in [3.63, 3.8) is 0 Å². The van der Waals surface area contributed by atoms with Crippen molar-refractivity contribution in [2.24, 2.45) is 25.0 Å². The minimum absolute atomic E-state index is 0.917. The predicted molar refractivity (Wildman–Crippen MR) is 493 cm³/mol. The van der Waals surface area contributed by atoms with Crippen LogP contribution in [0.5, 0.6) is 0 Å². The summed E-state index contributed by atoms with van der Waals surface area (Å²) in [6, 6.07) is 0. The molecule has 5 aromatic rings. The molecule has 0 aromatic heterocycles. The Morgan fingerprint density at radius 3 is 0.373 bits per heavy atom. The van der Waals surface area contributed by atoms with E-state index in [4.69, 9.17) is 0 Å². The monoisotopic (exact) mass is 1510 g/mol. The van der Waals surface area contributed by atoms with Crippen LogP contribution in [0.1, 0.15) is 294 Å². The molecule has 0 bridgehead atoms. The van der Waals surface area contributed by atoms with Gasteiger partial charge in [-0.05, 0) is 415 Å². The summed E-state index contributed by atoms with van der Waals surface area (Å²) in [5.74, 6) is 5.08. The third-order valence-corrected chi connectivity index (χ3v) is 24.2. The molecule has 13 heteroatoms. The van der Waals surface area contributed by atoms with Crippen molar-refractivity contribution >= 4 is 29.5 Å². The highest BCUT2D eigenvalue weighted by Crippen LogP contribution is 2.37. The Morgan fingerprint density at radius 1 is 0.155 bits per heavy atom. The number of aliphatic imine (C=N–C) groups is 5. The minimum Gasteiger partial charge on any atom is -0.374 e.